The second-order valence-electron chi connectivity index (χ2n) is 4.42. The average Bonchev–Trinajstić information content (AvgIpc) is 2.36. The van der Waals surface area contributed by atoms with E-state index in [1.807, 2.05) is 25.1 Å². The number of hydrogen-bond acceptors (Lipinski definition) is 3. The van der Waals surface area contributed by atoms with Crippen LogP contribution in [-0.2, 0) is 4.79 Å². The van der Waals surface area contributed by atoms with Gasteiger partial charge >= 0.3 is 0 Å². The fourth-order valence-corrected chi connectivity index (χ4v) is 1.75. The quantitative estimate of drug-likeness (QED) is 0.815. The summed E-state index contributed by atoms with van der Waals surface area (Å²) in [6, 6.07) is 5.09. The van der Waals surface area contributed by atoms with Crippen molar-refractivity contribution in [2.24, 2.45) is 5.73 Å². The van der Waals surface area contributed by atoms with Crippen molar-refractivity contribution in [1.82, 2.24) is 0 Å². The lowest BCUT2D eigenvalue weighted by molar-refractivity contribution is -0.117. The number of aryl methyl sites for hydroxylation is 1. The van der Waals surface area contributed by atoms with E-state index in [0.717, 1.165) is 36.3 Å². The second kappa shape index (κ2) is 7.01. The first-order valence-electron chi connectivity index (χ1n) is 6.29. The Kier molecular flexibility index (Phi) is 5.65. The van der Waals surface area contributed by atoms with Crippen LogP contribution in [0.3, 0.4) is 0 Å². The number of amides is 1. The predicted molar refractivity (Wildman–Crippen MR) is 73.9 cm³/mol. The molecule has 0 saturated carbocycles. The highest BCUT2D eigenvalue weighted by Crippen LogP contribution is 2.21. The van der Waals surface area contributed by atoms with Gasteiger partial charge in [0.05, 0.1) is 13.2 Å². The molecule has 100 valence electrons. The lowest BCUT2D eigenvalue weighted by Gasteiger charge is -2.13. The van der Waals surface area contributed by atoms with E-state index in [9.17, 15) is 4.79 Å². The Morgan fingerprint density at radius 3 is 2.78 bits per heavy atom. The summed E-state index contributed by atoms with van der Waals surface area (Å²) in [5.41, 5.74) is 7.55. The number of rotatable bonds is 6. The van der Waals surface area contributed by atoms with Crippen molar-refractivity contribution in [3.8, 4) is 5.75 Å². The molecular weight excluding hydrogens is 228 g/mol. The number of unbranched alkanes of at least 4 members (excludes halogenated alkanes) is 1. The SMILES string of the molecule is CCCCC(N)C(=O)Nc1ccc(OC)c(C)c1. The number of anilines is 1. The summed E-state index contributed by atoms with van der Waals surface area (Å²) in [5, 5.41) is 2.82. The van der Waals surface area contributed by atoms with Crippen LogP contribution in [0.15, 0.2) is 18.2 Å². The third kappa shape index (κ3) is 4.04. The Labute approximate surface area is 109 Å². The number of nitrogens with two attached hydrogens (primary N) is 1. The number of carbonyl (C=O) groups excluding carboxylic acids is 1. The maximum Gasteiger partial charge on any atom is 0.241 e. The Morgan fingerprint density at radius 2 is 2.22 bits per heavy atom. The molecule has 1 unspecified atom stereocenters. The lowest BCUT2D eigenvalue weighted by Crippen LogP contribution is -2.35. The van der Waals surface area contributed by atoms with E-state index in [0.29, 0.717) is 0 Å². The Hall–Kier alpha value is -1.55. The van der Waals surface area contributed by atoms with Gasteiger partial charge in [-0.25, -0.2) is 0 Å². The van der Waals surface area contributed by atoms with Crippen LogP contribution < -0.4 is 15.8 Å². The predicted octanol–water partition coefficient (Wildman–Crippen LogP) is 2.46. The van der Waals surface area contributed by atoms with Gasteiger partial charge in [0.15, 0.2) is 0 Å². The average molecular weight is 250 g/mol. The molecule has 4 nitrogen and oxygen atoms in total. The van der Waals surface area contributed by atoms with Gasteiger partial charge in [0.1, 0.15) is 5.75 Å². The van der Waals surface area contributed by atoms with Gasteiger partial charge in [0.2, 0.25) is 5.91 Å². The number of methoxy groups -OCH3 is 1. The standard InChI is InChI=1S/C14H22N2O2/c1-4-5-6-12(15)14(17)16-11-7-8-13(18-3)10(2)9-11/h7-9,12H,4-6,15H2,1-3H3,(H,16,17). The maximum absolute atomic E-state index is 11.8. The molecule has 1 rings (SSSR count). The Morgan fingerprint density at radius 1 is 1.50 bits per heavy atom. The van der Waals surface area contributed by atoms with Crippen molar-refractivity contribution in [1.29, 1.82) is 0 Å². The molecule has 0 radical (unpaired) electrons. The molecule has 0 spiro atoms. The molecule has 0 heterocycles. The van der Waals surface area contributed by atoms with Crippen LogP contribution in [0.4, 0.5) is 5.69 Å². The summed E-state index contributed by atoms with van der Waals surface area (Å²) in [5.74, 6) is 0.677. The van der Waals surface area contributed by atoms with E-state index >= 15 is 0 Å². The highest BCUT2D eigenvalue weighted by atomic mass is 16.5. The number of nitrogens with one attached hydrogen (secondary N) is 1. The van der Waals surface area contributed by atoms with Gasteiger partial charge in [0.25, 0.3) is 0 Å². The number of benzene rings is 1. The van der Waals surface area contributed by atoms with Crippen molar-refractivity contribution >= 4 is 11.6 Å². The molecule has 1 aromatic rings. The number of hydrogen-bond donors (Lipinski definition) is 2. The van der Waals surface area contributed by atoms with Crippen LogP contribution in [0.1, 0.15) is 31.7 Å². The lowest BCUT2D eigenvalue weighted by atomic mass is 10.1. The van der Waals surface area contributed by atoms with Crippen molar-refractivity contribution in [2.75, 3.05) is 12.4 Å². The summed E-state index contributed by atoms with van der Waals surface area (Å²) in [7, 11) is 1.63. The monoisotopic (exact) mass is 250 g/mol. The molecule has 0 aliphatic rings. The molecule has 3 N–H and O–H groups in total. The van der Waals surface area contributed by atoms with Crippen LogP contribution >= 0.6 is 0 Å². The van der Waals surface area contributed by atoms with Gasteiger partial charge in [-0.15, -0.1) is 0 Å². The smallest absolute Gasteiger partial charge is 0.241 e. The first-order chi connectivity index (χ1) is 8.58. The second-order valence-corrected chi connectivity index (χ2v) is 4.42. The van der Waals surface area contributed by atoms with Gasteiger partial charge in [-0.3, -0.25) is 4.79 Å². The summed E-state index contributed by atoms with van der Waals surface area (Å²) >= 11 is 0. The summed E-state index contributed by atoms with van der Waals surface area (Å²) in [6.07, 6.45) is 2.73. The van der Waals surface area contributed by atoms with E-state index in [1.165, 1.54) is 0 Å². The summed E-state index contributed by atoms with van der Waals surface area (Å²) in [4.78, 5) is 11.8. The molecule has 1 aromatic carbocycles. The first kappa shape index (κ1) is 14.5. The minimum Gasteiger partial charge on any atom is -0.496 e. The van der Waals surface area contributed by atoms with Gasteiger partial charge in [-0.05, 0) is 37.1 Å². The molecule has 1 amide bonds. The summed E-state index contributed by atoms with van der Waals surface area (Å²) in [6.45, 7) is 4.02. The maximum atomic E-state index is 11.8. The molecular formula is C14H22N2O2. The van der Waals surface area contributed by atoms with Crippen molar-refractivity contribution in [3.05, 3.63) is 23.8 Å². The molecule has 0 aliphatic heterocycles. The Balaban J connectivity index is 2.61. The molecule has 1 atom stereocenters. The summed E-state index contributed by atoms with van der Waals surface area (Å²) < 4.78 is 5.17. The molecule has 18 heavy (non-hydrogen) atoms. The van der Waals surface area contributed by atoms with Crippen LogP contribution in [0.2, 0.25) is 0 Å². The number of carbonyl (C=O) groups is 1. The van der Waals surface area contributed by atoms with Gasteiger partial charge < -0.3 is 15.8 Å². The zero-order valence-electron chi connectivity index (χ0n) is 11.3. The van der Waals surface area contributed by atoms with Gasteiger partial charge in [0, 0.05) is 5.69 Å². The Bertz CT molecular complexity index is 405. The minimum atomic E-state index is -0.438. The third-order valence-corrected chi connectivity index (χ3v) is 2.87. The first-order valence-corrected chi connectivity index (χ1v) is 6.29. The van der Waals surface area contributed by atoms with Gasteiger partial charge in [-0.2, -0.15) is 0 Å². The van der Waals surface area contributed by atoms with E-state index in [4.69, 9.17) is 10.5 Å². The van der Waals surface area contributed by atoms with E-state index in [1.54, 1.807) is 7.11 Å². The molecule has 0 aromatic heterocycles. The molecule has 4 heteroatoms. The van der Waals surface area contributed by atoms with E-state index in [-0.39, 0.29) is 5.91 Å². The van der Waals surface area contributed by atoms with E-state index in [2.05, 4.69) is 12.2 Å². The minimum absolute atomic E-state index is 0.131. The third-order valence-electron chi connectivity index (χ3n) is 2.87. The highest BCUT2D eigenvalue weighted by Gasteiger charge is 2.13. The van der Waals surface area contributed by atoms with Crippen molar-refractivity contribution < 1.29 is 9.53 Å². The molecule has 0 fully saturated rings. The molecule has 0 aliphatic carbocycles. The van der Waals surface area contributed by atoms with Crippen molar-refractivity contribution in [2.45, 2.75) is 39.2 Å². The van der Waals surface area contributed by atoms with Crippen LogP contribution in [0.25, 0.3) is 0 Å². The van der Waals surface area contributed by atoms with Crippen LogP contribution in [0.5, 0.6) is 5.75 Å². The van der Waals surface area contributed by atoms with Crippen molar-refractivity contribution in [3.63, 3.8) is 0 Å². The molecule has 0 bridgehead atoms. The van der Waals surface area contributed by atoms with Crippen LogP contribution in [-0.4, -0.2) is 19.1 Å². The topological polar surface area (TPSA) is 64.4 Å². The van der Waals surface area contributed by atoms with Crippen LogP contribution in [0, 0.1) is 6.92 Å². The molecule has 0 saturated heterocycles. The largest absolute Gasteiger partial charge is 0.496 e. The fraction of sp³-hybridized carbons (Fsp3) is 0.500. The van der Waals surface area contributed by atoms with E-state index < -0.39 is 6.04 Å². The highest BCUT2D eigenvalue weighted by molar-refractivity contribution is 5.94. The fourth-order valence-electron chi connectivity index (χ4n) is 1.75. The number of ether oxygens (including phenoxy) is 1. The zero-order valence-corrected chi connectivity index (χ0v) is 11.3. The van der Waals surface area contributed by atoms with Gasteiger partial charge in [-0.1, -0.05) is 19.8 Å². The normalized spacial score (nSPS) is 12.0. The zero-order chi connectivity index (χ0) is 13.5.